The number of para-hydroxylation sites is 1. The number of carbonyl (C=O) groups excluding carboxylic acids is 1. The summed E-state index contributed by atoms with van der Waals surface area (Å²) in [6.07, 6.45) is 0.988. The van der Waals surface area contributed by atoms with E-state index >= 15 is 0 Å². The van der Waals surface area contributed by atoms with Crippen LogP contribution in [0.15, 0.2) is 53.9 Å². The van der Waals surface area contributed by atoms with Crippen molar-refractivity contribution in [3.05, 3.63) is 64.5 Å². The van der Waals surface area contributed by atoms with Crippen LogP contribution in [0.4, 0.5) is 10.8 Å². The number of rotatable bonds is 4. The number of carbonyl (C=O) groups is 1. The summed E-state index contributed by atoms with van der Waals surface area (Å²) in [5.41, 5.74) is 4.27. The number of anilines is 2. The summed E-state index contributed by atoms with van der Waals surface area (Å²) < 4.78 is 0. The maximum absolute atomic E-state index is 12.4. The van der Waals surface area contributed by atoms with Crippen LogP contribution in [0, 0.1) is 0 Å². The van der Waals surface area contributed by atoms with E-state index in [4.69, 9.17) is 11.6 Å². The summed E-state index contributed by atoms with van der Waals surface area (Å²) in [5.74, 6) is -0.0475. The fraction of sp³-hybridized carbons (Fsp3) is 0.158. The Bertz CT molecular complexity index is 907. The second kappa shape index (κ2) is 6.86. The van der Waals surface area contributed by atoms with Crippen LogP contribution in [0.5, 0.6) is 0 Å². The second-order valence-electron chi connectivity index (χ2n) is 5.89. The van der Waals surface area contributed by atoms with E-state index in [1.807, 2.05) is 41.8 Å². The lowest BCUT2D eigenvalue weighted by Crippen LogP contribution is -2.31. The van der Waals surface area contributed by atoms with E-state index < -0.39 is 0 Å². The molecule has 2 aromatic carbocycles. The average Bonchev–Trinajstić information content (AvgIpc) is 3.23. The van der Waals surface area contributed by atoms with E-state index in [0.717, 1.165) is 29.9 Å². The molecular weight excluding hydrogens is 354 g/mol. The molecule has 25 heavy (non-hydrogen) atoms. The van der Waals surface area contributed by atoms with E-state index in [1.54, 1.807) is 0 Å². The standard InChI is InChI=1S/C19H16ClN3OS/c20-15-7-5-13(6-8-15)16-12-25-19(21-16)22-18(24)11-23-10-9-14-3-1-2-4-17(14)23/h1-8,12H,9-11H2,(H,21,22,24). The molecule has 0 spiro atoms. The lowest BCUT2D eigenvalue weighted by Gasteiger charge is -2.18. The molecule has 0 bridgehead atoms. The van der Waals surface area contributed by atoms with Crippen molar-refractivity contribution in [2.75, 3.05) is 23.3 Å². The number of thiazole rings is 1. The molecule has 6 heteroatoms. The molecule has 4 nitrogen and oxygen atoms in total. The van der Waals surface area contributed by atoms with Crippen molar-refractivity contribution < 1.29 is 4.79 Å². The van der Waals surface area contributed by atoms with Gasteiger partial charge in [0.1, 0.15) is 0 Å². The van der Waals surface area contributed by atoms with Gasteiger partial charge in [-0.15, -0.1) is 11.3 Å². The van der Waals surface area contributed by atoms with Gasteiger partial charge in [0.15, 0.2) is 5.13 Å². The van der Waals surface area contributed by atoms with E-state index in [1.165, 1.54) is 16.9 Å². The van der Waals surface area contributed by atoms with Crippen molar-refractivity contribution >= 4 is 39.7 Å². The molecule has 3 aromatic rings. The van der Waals surface area contributed by atoms with Crippen molar-refractivity contribution in [3.8, 4) is 11.3 Å². The third-order valence-corrected chi connectivity index (χ3v) is 5.22. The quantitative estimate of drug-likeness (QED) is 0.738. The molecule has 0 aliphatic carbocycles. The van der Waals surface area contributed by atoms with E-state index in [-0.39, 0.29) is 5.91 Å². The number of halogens is 1. The number of amides is 1. The average molecular weight is 370 g/mol. The van der Waals surface area contributed by atoms with Crippen molar-refractivity contribution in [2.24, 2.45) is 0 Å². The first-order valence-corrected chi connectivity index (χ1v) is 9.29. The van der Waals surface area contributed by atoms with Crippen LogP contribution in [-0.2, 0) is 11.2 Å². The predicted octanol–water partition coefficient (Wildman–Crippen LogP) is 4.46. The molecule has 0 fully saturated rings. The Kier molecular flexibility index (Phi) is 4.42. The van der Waals surface area contributed by atoms with E-state index in [0.29, 0.717) is 16.7 Å². The van der Waals surface area contributed by atoms with E-state index in [9.17, 15) is 4.79 Å². The third-order valence-electron chi connectivity index (χ3n) is 4.21. The van der Waals surface area contributed by atoms with E-state index in [2.05, 4.69) is 27.3 Å². The van der Waals surface area contributed by atoms with Gasteiger partial charge in [0, 0.05) is 28.2 Å². The lowest BCUT2D eigenvalue weighted by molar-refractivity contribution is -0.115. The first kappa shape index (κ1) is 16.1. The smallest absolute Gasteiger partial charge is 0.245 e. The Hall–Kier alpha value is -2.37. The molecule has 0 saturated carbocycles. The number of aromatic nitrogens is 1. The van der Waals surface area contributed by atoms with Crippen LogP contribution in [0.1, 0.15) is 5.56 Å². The molecule has 0 atom stereocenters. The Morgan fingerprint density at radius 1 is 1.20 bits per heavy atom. The molecule has 2 heterocycles. The summed E-state index contributed by atoms with van der Waals surface area (Å²) in [7, 11) is 0. The summed E-state index contributed by atoms with van der Waals surface area (Å²) in [6.45, 7) is 1.22. The molecule has 0 radical (unpaired) electrons. The highest BCUT2D eigenvalue weighted by atomic mass is 35.5. The Labute approximate surface area is 155 Å². The minimum atomic E-state index is -0.0475. The van der Waals surface area contributed by atoms with Gasteiger partial charge in [-0.1, -0.05) is 41.9 Å². The van der Waals surface area contributed by atoms with Gasteiger partial charge in [-0.3, -0.25) is 4.79 Å². The number of nitrogens with zero attached hydrogens (tertiary/aromatic N) is 2. The maximum atomic E-state index is 12.4. The van der Waals surface area contributed by atoms with Gasteiger partial charge in [0.25, 0.3) is 0 Å². The Morgan fingerprint density at radius 2 is 2.00 bits per heavy atom. The first-order chi connectivity index (χ1) is 12.2. The highest BCUT2D eigenvalue weighted by Gasteiger charge is 2.20. The zero-order valence-electron chi connectivity index (χ0n) is 13.4. The second-order valence-corrected chi connectivity index (χ2v) is 7.19. The lowest BCUT2D eigenvalue weighted by atomic mass is 10.2. The fourth-order valence-corrected chi connectivity index (χ4v) is 3.85. The first-order valence-electron chi connectivity index (χ1n) is 8.03. The highest BCUT2D eigenvalue weighted by molar-refractivity contribution is 7.14. The van der Waals surface area contributed by atoms with Crippen molar-refractivity contribution in [2.45, 2.75) is 6.42 Å². The van der Waals surface area contributed by atoms with Crippen LogP contribution in [0.2, 0.25) is 5.02 Å². The molecular formula is C19H16ClN3OS. The largest absolute Gasteiger partial charge is 0.362 e. The number of benzene rings is 2. The van der Waals surface area contributed by atoms with Crippen molar-refractivity contribution in [1.82, 2.24) is 4.98 Å². The summed E-state index contributed by atoms with van der Waals surface area (Å²) in [4.78, 5) is 19.0. The number of fused-ring (bicyclic) bond motifs is 1. The third kappa shape index (κ3) is 3.52. The molecule has 126 valence electrons. The SMILES string of the molecule is O=C(CN1CCc2ccccc21)Nc1nc(-c2ccc(Cl)cc2)cs1. The molecule has 1 aromatic heterocycles. The van der Waals surface area contributed by atoms with Gasteiger partial charge in [0.2, 0.25) is 5.91 Å². The molecule has 1 amide bonds. The molecule has 4 rings (SSSR count). The molecule has 0 saturated heterocycles. The summed E-state index contributed by atoms with van der Waals surface area (Å²) in [5, 5.41) is 6.14. The minimum absolute atomic E-state index is 0.0475. The monoisotopic (exact) mass is 369 g/mol. The summed E-state index contributed by atoms with van der Waals surface area (Å²) >= 11 is 7.34. The summed E-state index contributed by atoms with van der Waals surface area (Å²) in [6, 6.07) is 15.7. The van der Waals surface area contributed by atoms with Gasteiger partial charge in [-0.2, -0.15) is 0 Å². The van der Waals surface area contributed by atoms with Crippen LogP contribution in [-0.4, -0.2) is 24.0 Å². The van der Waals surface area contributed by atoms with Gasteiger partial charge in [0.05, 0.1) is 12.2 Å². The molecule has 1 N–H and O–H groups in total. The molecule has 1 aliphatic rings. The zero-order chi connectivity index (χ0) is 17.2. The molecule has 0 unspecified atom stereocenters. The van der Waals surface area contributed by atoms with Crippen LogP contribution < -0.4 is 10.2 Å². The normalized spacial score (nSPS) is 12.9. The predicted molar refractivity (Wildman–Crippen MR) is 104 cm³/mol. The number of hydrogen-bond acceptors (Lipinski definition) is 4. The maximum Gasteiger partial charge on any atom is 0.245 e. The fourth-order valence-electron chi connectivity index (χ4n) is 2.99. The van der Waals surface area contributed by atoms with Crippen LogP contribution >= 0.6 is 22.9 Å². The van der Waals surface area contributed by atoms with Gasteiger partial charge >= 0.3 is 0 Å². The number of hydrogen-bond donors (Lipinski definition) is 1. The zero-order valence-corrected chi connectivity index (χ0v) is 15.0. The van der Waals surface area contributed by atoms with Crippen molar-refractivity contribution in [1.29, 1.82) is 0 Å². The number of nitrogens with one attached hydrogen (secondary N) is 1. The molecule has 1 aliphatic heterocycles. The van der Waals surface area contributed by atoms with Gasteiger partial charge < -0.3 is 10.2 Å². The topological polar surface area (TPSA) is 45.2 Å². The Balaban J connectivity index is 1.41. The minimum Gasteiger partial charge on any atom is -0.362 e. The van der Waals surface area contributed by atoms with Crippen LogP contribution in [0.3, 0.4) is 0 Å². The van der Waals surface area contributed by atoms with Gasteiger partial charge in [-0.05, 0) is 30.2 Å². The van der Waals surface area contributed by atoms with Gasteiger partial charge in [-0.25, -0.2) is 4.98 Å². The van der Waals surface area contributed by atoms with Crippen LogP contribution in [0.25, 0.3) is 11.3 Å². The highest BCUT2D eigenvalue weighted by Crippen LogP contribution is 2.28. The Morgan fingerprint density at radius 3 is 2.84 bits per heavy atom. The van der Waals surface area contributed by atoms with Crippen molar-refractivity contribution in [3.63, 3.8) is 0 Å².